The van der Waals surface area contributed by atoms with Crippen LogP contribution in [0.25, 0.3) is 0 Å². The fourth-order valence-corrected chi connectivity index (χ4v) is 8.65. The lowest BCUT2D eigenvalue weighted by molar-refractivity contribution is -0.132. The van der Waals surface area contributed by atoms with Crippen molar-refractivity contribution in [2.75, 3.05) is 6.61 Å². The molecule has 0 radical (unpaired) electrons. The van der Waals surface area contributed by atoms with Gasteiger partial charge in [-0.15, -0.1) is 0 Å². The van der Waals surface area contributed by atoms with Gasteiger partial charge in [0.1, 0.15) is 12.2 Å². The van der Waals surface area contributed by atoms with Crippen molar-refractivity contribution < 1.29 is 25.2 Å². The van der Waals surface area contributed by atoms with E-state index in [1.165, 1.54) is 205 Å². The van der Waals surface area contributed by atoms with Crippen molar-refractivity contribution >= 4 is 5.91 Å². The lowest BCUT2D eigenvalue weighted by atomic mass is 10.00. The average molecular weight is 889 g/mol. The summed E-state index contributed by atoms with van der Waals surface area (Å²) >= 11 is 0. The van der Waals surface area contributed by atoms with E-state index in [2.05, 4.69) is 55.6 Å². The lowest BCUT2D eigenvalue weighted by Gasteiger charge is -2.27. The summed E-state index contributed by atoms with van der Waals surface area (Å²) in [6.07, 6.45) is 63.6. The minimum Gasteiger partial charge on any atom is -0.394 e. The molecule has 0 aromatic rings. The number of amides is 1. The van der Waals surface area contributed by atoms with Gasteiger partial charge in [0.25, 0.3) is 0 Å². The topological polar surface area (TPSA) is 110 Å². The van der Waals surface area contributed by atoms with Crippen molar-refractivity contribution in [2.45, 2.75) is 314 Å². The Hall–Kier alpha value is -1.47. The van der Waals surface area contributed by atoms with Crippen LogP contribution in [0.15, 0.2) is 36.5 Å². The molecule has 1 amide bonds. The van der Waals surface area contributed by atoms with Gasteiger partial charge >= 0.3 is 0 Å². The van der Waals surface area contributed by atoms with Crippen LogP contribution in [-0.4, -0.2) is 57.3 Å². The van der Waals surface area contributed by atoms with E-state index in [4.69, 9.17) is 0 Å². The average Bonchev–Trinajstić information content (AvgIpc) is 3.29. The lowest BCUT2D eigenvalue weighted by Crippen LogP contribution is -2.53. The van der Waals surface area contributed by atoms with Gasteiger partial charge in [0, 0.05) is 0 Å². The van der Waals surface area contributed by atoms with Crippen LogP contribution in [0, 0.1) is 0 Å². The molecule has 6 nitrogen and oxygen atoms in total. The molecule has 4 unspecified atom stereocenters. The number of hydrogen-bond acceptors (Lipinski definition) is 5. The molecule has 0 aromatic heterocycles. The van der Waals surface area contributed by atoms with Crippen LogP contribution in [0.3, 0.4) is 0 Å². The van der Waals surface area contributed by atoms with E-state index in [-0.39, 0.29) is 0 Å². The predicted molar refractivity (Wildman–Crippen MR) is 274 cm³/mol. The fraction of sp³-hybridized carbons (Fsp3) is 0.877. The van der Waals surface area contributed by atoms with E-state index >= 15 is 0 Å². The molecule has 0 aromatic carbocycles. The van der Waals surface area contributed by atoms with Crippen LogP contribution in [0.5, 0.6) is 0 Å². The van der Waals surface area contributed by atoms with Crippen molar-refractivity contribution in [1.29, 1.82) is 0 Å². The quantitative estimate of drug-likeness (QED) is 0.0309. The van der Waals surface area contributed by atoms with Gasteiger partial charge in [-0.05, 0) is 77.0 Å². The van der Waals surface area contributed by atoms with Crippen LogP contribution in [0.1, 0.15) is 290 Å². The zero-order valence-corrected chi connectivity index (χ0v) is 42.1. The fourth-order valence-electron chi connectivity index (χ4n) is 8.65. The molecule has 0 aliphatic carbocycles. The third kappa shape index (κ3) is 45.5. The van der Waals surface area contributed by atoms with E-state index < -0.39 is 36.9 Å². The monoisotopic (exact) mass is 888 g/mol. The molecule has 0 fully saturated rings. The number of nitrogens with one attached hydrogen (secondary N) is 1. The van der Waals surface area contributed by atoms with Crippen LogP contribution in [-0.2, 0) is 4.79 Å². The molecule has 0 saturated carbocycles. The summed E-state index contributed by atoms with van der Waals surface area (Å²) in [4.78, 5) is 12.6. The summed E-state index contributed by atoms with van der Waals surface area (Å²) in [6.45, 7) is 4.07. The summed E-state index contributed by atoms with van der Waals surface area (Å²) in [5.41, 5.74) is 0. The maximum absolute atomic E-state index is 12.6. The molecule has 4 atom stereocenters. The van der Waals surface area contributed by atoms with Crippen molar-refractivity contribution in [3.63, 3.8) is 0 Å². The SMILES string of the molecule is CCCCCCCCCCCC/C=C\CCCCCCCCC(O)C(=O)NC(CO)C(O)C(O)CCC/C=C/CC/C=C/CCCCCCCCCCCCCCCCCCCC. The van der Waals surface area contributed by atoms with E-state index in [0.29, 0.717) is 19.3 Å². The number of unbranched alkanes of at least 4 members (excludes halogenated alkanes) is 36. The number of aliphatic hydroxyl groups is 4. The van der Waals surface area contributed by atoms with Gasteiger partial charge in [0.15, 0.2) is 0 Å². The molecule has 0 spiro atoms. The summed E-state index contributed by atoms with van der Waals surface area (Å²) in [5, 5.41) is 43.9. The molecule has 0 heterocycles. The summed E-state index contributed by atoms with van der Waals surface area (Å²) < 4.78 is 0. The third-order valence-electron chi connectivity index (χ3n) is 13.1. The number of carbonyl (C=O) groups excluding carboxylic acids is 1. The molecule has 0 bridgehead atoms. The van der Waals surface area contributed by atoms with Crippen molar-refractivity contribution in [3.8, 4) is 0 Å². The van der Waals surface area contributed by atoms with E-state index in [9.17, 15) is 25.2 Å². The molecule has 0 aliphatic heterocycles. The van der Waals surface area contributed by atoms with Crippen molar-refractivity contribution in [1.82, 2.24) is 5.32 Å². The zero-order valence-electron chi connectivity index (χ0n) is 42.1. The molecular formula is C57H109NO5. The van der Waals surface area contributed by atoms with Gasteiger partial charge in [0.05, 0.1) is 18.8 Å². The first kappa shape index (κ1) is 61.5. The standard InChI is InChI=1S/C57H109NO5/c1-3-5-7-9-11-13-15-17-19-21-23-25-26-27-28-29-30-31-33-34-36-38-40-42-44-46-48-50-54(60)56(62)53(52-59)58-57(63)55(61)51-49-47-45-43-41-39-37-35-32-24-22-20-18-16-14-12-10-8-6-4-2/h32,34-36,42,44,53-56,59-62H,3-31,33,37-41,43,45-52H2,1-2H3,(H,58,63)/b35-32-,36-34+,44-42+. The first-order valence-corrected chi connectivity index (χ1v) is 27.9. The molecule has 5 N–H and O–H groups in total. The molecule has 6 heteroatoms. The van der Waals surface area contributed by atoms with Gasteiger partial charge in [-0.1, -0.05) is 249 Å². The smallest absolute Gasteiger partial charge is 0.249 e. The highest BCUT2D eigenvalue weighted by Gasteiger charge is 2.28. The largest absolute Gasteiger partial charge is 0.394 e. The maximum atomic E-state index is 12.6. The van der Waals surface area contributed by atoms with Crippen LogP contribution >= 0.6 is 0 Å². The van der Waals surface area contributed by atoms with E-state index in [0.717, 1.165) is 51.4 Å². The molecule has 0 rings (SSSR count). The van der Waals surface area contributed by atoms with Crippen LogP contribution in [0.2, 0.25) is 0 Å². The molecule has 0 aliphatic rings. The normalized spacial score (nSPS) is 14.1. The first-order chi connectivity index (χ1) is 31.0. The summed E-state index contributed by atoms with van der Waals surface area (Å²) in [6, 6.07) is -1.01. The van der Waals surface area contributed by atoms with Gasteiger partial charge in [-0.2, -0.15) is 0 Å². The van der Waals surface area contributed by atoms with Gasteiger partial charge < -0.3 is 25.7 Å². The Labute approximate surface area is 392 Å². The highest BCUT2D eigenvalue weighted by atomic mass is 16.3. The highest BCUT2D eigenvalue weighted by Crippen LogP contribution is 2.17. The number of hydrogen-bond donors (Lipinski definition) is 5. The Morgan fingerprint density at radius 1 is 0.381 bits per heavy atom. The third-order valence-corrected chi connectivity index (χ3v) is 13.1. The number of carbonyl (C=O) groups is 1. The van der Waals surface area contributed by atoms with Crippen molar-refractivity contribution in [2.24, 2.45) is 0 Å². The molecule has 63 heavy (non-hydrogen) atoms. The highest BCUT2D eigenvalue weighted by molar-refractivity contribution is 5.80. The Bertz CT molecular complexity index is 997. The Morgan fingerprint density at radius 3 is 1.00 bits per heavy atom. The number of aliphatic hydroxyl groups excluding tert-OH is 4. The van der Waals surface area contributed by atoms with Gasteiger partial charge in [-0.3, -0.25) is 4.79 Å². The van der Waals surface area contributed by atoms with E-state index in [1.54, 1.807) is 0 Å². The minimum absolute atomic E-state index is 0.353. The van der Waals surface area contributed by atoms with Crippen molar-refractivity contribution in [3.05, 3.63) is 36.5 Å². The second-order valence-corrected chi connectivity index (χ2v) is 19.3. The number of rotatable bonds is 51. The second kappa shape index (κ2) is 51.5. The Morgan fingerprint density at radius 2 is 0.667 bits per heavy atom. The molecule has 0 saturated heterocycles. The first-order valence-electron chi connectivity index (χ1n) is 27.9. The number of allylic oxidation sites excluding steroid dienone is 6. The zero-order chi connectivity index (χ0) is 45.9. The maximum Gasteiger partial charge on any atom is 0.249 e. The minimum atomic E-state index is -1.29. The predicted octanol–water partition coefficient (Wildman–Crippen LogP) is 16.0. The van der Waals surface area contributed by atoms with Crippen LogP contribution in [0.4, 0.5) is 0 Å². The molecule has 372 valence electrons. The van der Waals surface area contributed by atoms with Gasteiger partial charge in [0.2, 0.25) is 5.91 Å². The molecular weight excluding hydrogens is 779 g/mol. The van der Waals surface area contributed by atoms with Crippen LogP contribution < -0.4 is 5.32 Å². The summed E-state index contributed by atoms with van der Waals surface area (Å²) in [5.74, 6) is -0.600. The van der Waals surface area contributed by atoms with Gasteiger partial charge in [-0.25, -0.2) is 0 Å². The summed E-state index contributed by atoms with van der Waals surface area (Å²) in [7, 11) is 0. The Kier molecular flexibility index (Phi) is 50.3. The van der Waals surface area contributed by atoms with E-state index in [1.807, 2.05) is 0 Å². The second-order valence-electron chi connectivity index (χ2n) is 19.3. The Balaban J connectivity index is 3.70.